The number of nitrogens with one attached hydrogen (secondary N) is 2. The first-order valence-corrected chi connectivity index (χ1v) is 7.39. The minimum atomic E-state index is -0.284. The van der Waals surface area contributed by atoms with Crippen molar-refractivity contribution in [2.24, 2.45) is 11.1 Å². The molecule has 2 rings (SSSR count). The third kappa shape index (κ3) is 3.54. The van der Waals surface area contributed by atoms with E-state index in [9.17, 15) is 9.59 Å². The first-order valence-electron chi connectivity index (χ1n) is 7.01. The molecule has 1 fully saturated rings. The van der Waals surface area contributed by atoms with Gasteiger partial charge in [-0.3, -0.25) is 9.59 Å². The minimum absolute atomic E-state index is 0.0415. The van der Waals surface area contributed by atoms with E-state index in [1.54, 1.807) is 18.2 Å². The fourth-order valence-corrected chi connectivity index (χ4v) is 2.79. The lowest BCUT2D eigenvalue weighted by Gasteiger charge is -2.40. The van der Waals surface area contributed by atoms with Crippen LogP contribution in [0.2, 0.25) is 5.02 Å². The Morgan fingerprint density at radius 1 is 1.38 bits per heavy atom. The highest BCUT2D eigenvalue weighted by molar-refractivity contribution is 6.34. The quantitative estimate of drug-likeness (QED) is 0.779. The molecule has 0 unspecified atom stereocenters. The van der Waals surface area contributed by atoms with Gasteiger partial charge in [0.1, 0.15) is 0 Å². The Morgan fingerprint density at radius 3 is 2.62 bits per heavy atom. The van der Waals surface area contributed by atoms with Crippen molar-refractivity contribution in [2.45, 2.75) is 25.7 Å². The summed E-state index contributed by atoms with van der Waals surface area (Å²) in [7, 11) is 1.53. The Hall–Kier alpha value is -1.59. The van der Waals surface area contributed by atoms with E-state index in [2.05, 4.69) is 10.6 Å². The first kappa shape index (κ1) is 15.8. The zero-order valence-electron chi connectivity index (χ0n) is 12.0. The lowest BCUT2D eigenvalue weighted by Crippen LogP contribution is -2.40. The number of hydrogen-bond acceptors (Lipinski definition) is 3. The predicted molar refractivity (Wildman–Crippen MR) is 83.4 cm³/mol. The van der Waals surface area contributed by atoms with Crippen LogP contribution in [0.5, 0.6) is 0 Å². The van der Waals surface area contributed by atoms with E-state index in [1.807, 2.05) is 0 Å². The molecule has 0 aromatic heterocycles. The molecule has 2 amide bonds. The van der Waals surface area contributed by atoms with Gasteiger partial charge >= 0.3 is 0 Å². The van der Waals surface area contributed by atoms with Gasteiger partial charge in [0.25, 0.3) is 5.91 Å². The second kappa shape index (κ2) is 6.45. The van der Waals surface area contributed by atoms with Crippen LogP contribution in [-0.2, 0) is 4.79 Å². The van der Waals surface area contributed by atoms with Gasteiger partial charge in [-0.25, -0.2) is 0 Å². The smallest absolute Gasteiger partial charge is 0.252 e. The summed E-state index contributed by atoms with van der Waals surface area (Å²) < 4.78 is 0. The van der Waals surface area contributed by atoms with Crippen LogP contribution >= 0.6 is 11.6 Å². The van der Waals surface area contributed by atoms with Gasteiger partial charge in [-0.1, -0.05) is 18.0 Å². The molecule has 1 aromatic rings. The summed E-state index contributed by atoms with van der Waals surface area (Å²) in [6.07, 6.45) is 3.55. The highest BCUT2D eigenvalue weighted by Gasteiger charge is 2.37. The number of amides is 2. The van der Waals surface area contributed by atoms with Gasteiger partial charge < -0.3 is 16.4 Å². The van der Waals surface area contributed by atoms with Gasteiger partial charge in [0.05, 0.1) is 10.6 Å². The van der Waals surface area contributed by atoms with Crippen LogP contribution < -0.4 is 16.4 Å². The van der Waals surface area contributed by atoms with E-state index in [0.717, 1.165) is 19.3 Å². The maximum absolute atomic E-state index is 12.1. The summed E-state index contributed by atoms with van der Waals surface area (Å²) in [6, 6.07) is 4.86. The minimum Gasteiger partial charge on any atom is -0.355 e. The van der Waals surface area contributed by atoms with Crippen molar-refractivity contribution in [1.29, 1.82) is 0 Å². The fraction of sp³-hybridized carbons (Fsp3) is 0.467. The second-order valence-electron chi connectivity index (χ2n) is 5.56. The molecule has 1 aromatic carbocycles. The number of nitrogens with two attached hydrogens (primary N) is 1. The van der Waals surface area contributed by atoms with Gasteiger partial charge in [0, 0.05) is 19.2 Å². The summed E-state index contributed by atoms with van der Waals surface area (Å²) >= 11 is 5.98. The van der Waals surface area contributed by atoms with Crippen LogP contribution in [0, 0.1) is 5.41 Å². The van der Waals surface area contributed by atoms with Gasteiger partial charge in [-0.05, 0) is 43.0 Å². The first-order chi connectivity index (χ1) is 9.99. The number of halogens is 1. The van der Waals surface area contributed by atoms with Gasteiger partial charge in [0.2, 0.25) is 5.91 Å². The van der Waals surface area contributed by atoms with E-state index in [1.165, 1.54) is 7.05 Å². The summed E-state index contributed by atoms with van der Waals surface area (Å²) in [6.45, 7) is 0.532. The van der Waals surface area contributed by atoms with E-state index < -0.39 is 0 Å². The molecule has 0 aliphatic heterocycles. The largest absolute Gasteiger partial charge is 0.355 e. The molecule has 1 aliphatic carbocycles. The summed E-state index contributed by atoms with van der Waals surface area (Å²) in [5.74, 6) is -0.362. The van der Waals surface area contributed by atoms with E-state index in [0.29, 0.717) is 29.2 Å². The third-order valence-electron chi connectivity index (χ3n) is 4.10. The molecule has 0 heterocycles. The number of carbonyl (C=O) groups excluding carboxylic acids is 2. The number of carbonyl (C=O) groups is 2. The Morgan fingerprint density at radius 2 is 2.10 bits per heavy atom. The SMILES string of the molecule is CNC(=O)c1cc(NC(=O)CC2(CN)CCC2)ccc1Cl. The van der Waals surface area contributed by atoms with Gasteiger partial charge in [-0.2, -0.15) is 0 Å². The van der Waals surface area contributed by atoms with Crippen molar-refractivity contribution in [1.82, 2.24) is 5.32 Å². The lowest BCUT2D eigenvalue weighted by molar-refractivity contribution is -0.119. The van der Waals surface area contributed by atoms with E-state index >= 15 is 0 Å². The topological polar surface area (TPSA) is 84.2 Å². The number of rotatable bonds is 5. The molecule has 0 atom stereocenters. The van der Waals surface area contributed by atoms with E-state index in [-0.39, 0.29) is 17.2 Å². The third-order valence-corrected chi connectivity index (χ3v) is 4.43. The summed E-state index contributed by atoms with van der Waals surface area (Å²) in [5, 5.41) is 5.68. The number of anilines is 1. The highest BCUT2D eigenvalue weighted by atomic mass is 35.5. The molecule has 21 heavy (non-hydrogen) atoms. The summed E-state index contributed by atoms with van der Waals surface area (Å²) in [4.78, 5) is 23.8. The van der Waals surface area contributed by atoms with Crippen LogP contribution in [0.1, 0.15) is 36.0 Å². The van der Waals surface area contributed by atoms with Crippen LogP contribution in [-0.4, -0.2) is 25.4 Å². The zero-order chi connectivity index (χ0) is 15.5. The molecule has 6 heteroatoms. The zero-order valence-corrected chi connectivity index (χ0v) is 12.8. The van der Waals surface area contributed by atoms with Crippen LogP contribution in [0.15, 0.2) is 18.2 Å². The van der Waals surface area contributed by atoms with Crippen LogP contribution in [0.4, 0.5) is 5.69 Å². The van der Waals surface area contributed by atoms with Crippen molar-refractivity contribution in [3.05, 3.63) is 28.8 Å². The lowest BCUT2D eigenvalue weighted by atomic mass is 9.66. The highest BCUT2D eigenvalue weighted by Crippen LogP contribution is 2.43. The average Bonchev–Trinajstić information content (AvgIpc) is 2.44. The van der Waals surface area contributed by atoms with Crippen molar-refractivity contribution in [2.75, 3.05) is 18.9 Å². The van der Waals surface area contributed by atoms with Crippen molar-refractivity contribution in [3.63, 3.8) is 0 Å². The molecule has 5 nitrogen and oxygen atoms in total. The van der Waals surface area contributed by atoms with Crippen LogP contribution in [0.25, 0.3) is 0 Å². The Labute approximate surface area is 129 Å². The molecular formula is C15H20ClN3O2. The number of hydrogen-bond donors (Lipinski definition) is 3. The molecule has 0 bridgehead atoms. The van der Waals surface area contributed by atoms with Crippen molar-refractivity contribution >= 4 is 29.1 Å². The maximum Gasteiger partial charge on any atom is 0.252 e. The average molecular weight is 310 g/mol. The monoisotopic (exact) mass is 309 g/mol. The van der Waals surface area contributed by atoms with Crippen molar-refractivity contribution in [3.8, 4) is 0 Å². The van der Waals surface area contributed by atoms with Gasteiger partial charge in [0.15, 0.2) is 0 Å². The molecule has 4 N–H and O–H groups in total. The normalized spacial score (nSPS) is 16.0. The van der Waals surface area contributed by atoms with Gasteiger partial charge in [-0.15, -0.1) is 0 Å². The fourth-order valence-electron chi connectivity index (χ4n) is 2.59. The van der Waals surface area contributed by atoms with E-state index in [4.69, 9.17) is 17.3 Å². The molecule has 1 saturated carbocycles. The summed E-state index contributed by atoms with van der Waals surface area (Å²) in [5.41, 5.74) is 6.63. The molecule has 0 radical (unpaired) electrons. The molecule has 0 saturated heterocycles. The second-order valence-corrected chi connectivity index (χ2v) is 5.96. The molecule has 1 aliphatic rings. The predicted octanol–water partition coefficient (Wildman–Crippen LogP) is 2.16. The Kier molecular flexibility index (Phi) is 4.85. The Bertz CT molecular complexity index is 550. The molecule has 0 spiro atoms. The molecule has 114 valence electrons. The van der Waals surface area contributed by atoms with Crippen molar-refractivity contribution < 1.29 is 9.59 Å². The maximum atomic E-state index is 12.1. The standard InChI is InChI=1S/C15H20ClN3O2/c1-18-14(21)11-7-10(3-4-12(11)16)19-13(20)8-15(9-17)5-2-6-15/h3-4,7H,2,5-6,8-9,17H2,1H3,(H,18,21)(H,19,20). The Balaban J connectivity index is 2.05. The van der Waals surface area contributed by atoms with Crippen LogP contribution in [0.3, 0.4) is 0 Å². The number of benzene rings is 1. The molecular weight excluding hydrogens is 290 g/mol.